The lowest BCUT2D eigenvalue weighted by Crippen LogP contribution is -2.27. The lowest BCUT2D eigenvalue weighted by Gasteiger charge is -1.98. The molecule has 0 saturated carbocycles. The third kappa shape index (κ3) is 1.43. The van der Waals surface area contributed by atoms with Crippen LogP contribution in [-0.2, 0) is 0 Å². The van der Waals surface area contributed by atoms with Crippen LogP contribution >= 0.6 is 23.2 Å². The summed E-state index contributed by atoms with van der Waals surface area (Å²) in [5.41, 5.74) is 0. The van der Waals surface area contributed by atoms with Gasteiger partial charge < -0.3 is 5.21 Å². The van der Waals surface area contributed by atoms with E-state index >= 15 is 0 Å². The maximum atomic E-state index is 10.5. The van der Waals surface area contributed by atoms with Crippen molar-refractivity contribution in [2.24, 2.45) is 0 Å². The van der Waals surface area contributed by atoms with Crippen LogP contribution in [0.1, 0.15) is 0 Å². The van der Waals surface area contributed by atoms with Crippen LogP contribution < -0.4 is 4.73 Å². The molecule has 0 aliphatic carbocycles. The van der Waals surface area contributed by atoms with Gasteiger partial charge in [-0.05, 0) is 4.98 Å². The molecule has 1 aromatic rings. The molecule has 3 nitrogen and oxygen atoms in total. The van der Waals surface area contributed by atoms with Gasteiger partial charge in [-0.3, -0.25) is 0 Å². The van der Waals surface area contributed by atoms with Gasteiger partial charge in [0, 0.05) is 11.6 Å². The maximum Gasteiger partial charge on any atom is 0.399 e. The molecule has 0 aliphatic heterocycles. The zero-order valence-corrected chi connectivity index (χ0v) is 5.73. The fraction of sp³-hybridized carbons (Fsp3) is 0. The molecular formula is C4H2Cl2N2O. The molecule has 0 unspecified atom stereocenters. The van der Waals surface area contributed by atoms with Crippen LogP contribution in [-0.4, -0.2) is 4.98 Å². The molecule has 0 aromatic carbocycles. The first-order valence-electron chi connectivity index (χ1n) is 2.10. The second-order valence-electron chi connectivity index (χ2n) is 1.37. The highest BCUT2D eigenvalue weighted by atomic mass is 35.5. The highest BCUT2D eigenvalue weighted by Gasteiger charge is 2.01. The molecule has 0 atom stereocenters. The first-order chi connectivity index (χ1) is 4.20. The predicted molar refractivity (Wildman–Crippen MR) is 33.2 cm³/mol. The summed E-state index contributed by atoms with van der Waals surface area (Å²) < 4.78 is 0.393. The third-order valence-electron chi connectivity index (χ3n) is 0.717. The summed E-state index contributed by atoms with van der Waals surface area (Å²) in [6.07, 6.45) is 2.44. The molecule has 1 heterocycles. The smallest absolute Gasteiger partial charge is 0.399 e. The summed E-state index contributed by atoms with van der Waals surface area (Å²) in [5.74, 6) is 0. The van der Waals surface area contributed by atoms with E-state index in [0.29, 0.717) is 4.73 Å². The second kappa shape index (κ2) is 2.37. The Bertz CT molecular complexity index is 228. The molecule has 1 rings (SSSR count). The van der Waals surface area contributed by atoms with Crippen molar-refractivity contribution in [2.75, 3.05) is 0 Å². The van der Waals surface area contributed by atoms with Crippen LogP contribution in [0.25, 0.3) is 0 Å². The Labute approximate surface area is 61.4 Å². The minimum absolute atomic E-state index is 0.126. The van der Waals surface area contributed by atoms with Crippen molar-refractivity contribution in [3.63, 3.8) is 0 Å². The number of hydrogen-bond donors (Lipinski definition) is 0. The Morgan fingerprint density at radius 3 is 2.67 bits per heavy atom. The SMILES string of the molecule is [O-][n+]1cc(Cl)cnc1Cl. The molecule has 0 fully saturated rings. The van der Waals surface area contributed by atoms with Crippen molar-refractivity contribution < 1.29 is 4.73 Å². The Morgan fingerprint density at radius 1 is 1.56 bits per heavy atom. The fourth-order valence-electron chi connectivity index (χ4n) is 0.370. The lowest BCUT2D eigenvalue weighted by molar-refractivity contribution is -0.606. The average molecular weight is 165 g/mol. The first-order valence-corrected chi connectivity index (χ1v) is 2.86. The molecule has 1 aromatic heterocycles. The van der Waals surface area contributed by atoms with Gasteiger partial charge in [0.25, 0.3) is 0 Å². The highest BCUT2D eigenvalue weighted by molar-refractivity contribution is 6.30. The van der Waals surface area contributed by atoms with E-state index in [1.807, 2.05) is 0 Å². The summed E-state index contributed by atoms with van der Waals surface area (Å²) in [6, 6.07) is 0. The van der Waals surface area contributed by atoms with Gasteiger partial charge in [-0.15, -0.1) is 0 Å². The molecule has 0 N–H and O–H groups in total. The molecule has 9 heavy (non-hydrogen) atoms. The molecule has 0 saturated heterocycles. The van der Waals surface area contributed by atoms with Gasteiger partial charge in [0.1, 0.15) is 11.2 Å². The molecule has 0 amide bonds. The van der Waals surface area contributed by atoms with Crippen molar-refractivity contribution in [1.29, 1.82) is 0 Å². The van der Waals surface area contributed by atoms with Crippen LogP contribution in [0.4, 0.5) is 0 Å². The topological polar surface area (TPSA) is 39.8 Å². The normalized spacial score (nSPS) is 9.56. The van der Waals surface area contributed by atoms with Crippen LogP contribution in [0.2, 0.25) is 10.3 Å². The molecule has 5 heteroatoms. The zero-order valence-electron chi connectivity index (χ0n) is 4.21. The monoisotopic (exact) mass is 164 g/mol. The van der Waals surface area contributed by atoms with Gasteiger partial charge in [0.15, 0.2) is 6.20 Å². The van der Waals surface area contributed by atoms with E-state index < -0.39 is 0 Å². The standard InChI is InChI=1S/C4H2Cl2N2O/c5-3-1-7-4(6)8(9)2-3/h1-2H. The van der Waals surface area contributed by atoms with Gasteiger partial charge in [0.2, 0.25) is 0 Å². The van der Waals surface area contributed by atoms with E-state index in [1.165, 1.54) is 6.20 Å². The van der Waals surface area contributed by atoms with Crippen LogP contribution in [0.5, 0.6) is 0 Å². The second-order valence-corrected chi connectivity index (χ2v) is 2.14. The molecule has 0 spiro atoms. The fourth-order valence-corrected chi connectivity index (χ4v) is 0.605. The number of halogens is 2. The largest absolute Gasteiger partial charge is 0.710 e. The van der Waals surface area contributed by atoms with Crippen molar-refractivity contribution in [3.8, 4) is 0 Å². The van der Waals surface area contributed by atoms with E-state index in [2.05, 4.69) is 4.98 Å². The van der Waals surface area contributed by atoms with Crippen molar-refractivity contribution in [3.05, 3.63) is 27.9 Å². The zero-order chi connectivity index (χ0) is 6.85. The number of nitrogens with zero attached hydrogens (tertiary/aromatic N) is 2. The molecule has 48 valence electrons. The molecule has 0 bridgehead atoms. The Balaban J connectivity index is 3.17. The van der Waals surface area contributed by atoms with Crippen LogP contribution in [0, 0.1) is 5.21 Å². The van der Waals surface area contributed by atoms with Gasteiger partial charge in [-0.1, -0.05) is 11.6 Å². The Morgan fingerprint density at radius 2 is 2.22 bits per heavy atom. The highest BCUT2D eigenvalue weighted by Crippen LogP contribution is 2.03. The first kappa shape index (κ1) is 6.58. The van der Waals surface area contributed by atoms with Gasteiger partial charge >= 0.3 is 5.28 Å². The van der Waals surface area contributed by atoms with E-state index in [-0.39, 0.29) is 10.3 Å². The Hall–Kier alpha value is -0.540. The minimum atomic E-state index is -0.126. The maximum absolute atomic E-state index is 10.5. The van der Waals surface area contributed by atoms with Gasteiger partial charge in [-0.2, -0.15) is 0 Å². The minimum Gasteiger partial charge on any atom is -0.710 e. The van der Waals surface area contributed by atoms with Gasteiger partial charge in [-0.25, -0.2) is 4.73 Å². The average Bonchev–Trinajstić information content (AvgIpc) is 1.80. The lowest BCUT2D eigenvalue weighted by atomic mass is 10.7. The van der Waals surface area contributed by atoms with E-state index in [9.17, 15) is 5.21 Å². The van der Waals surface area contributed by atoms with Crippen molar-refractivity contribution >= 4 is 23.2 Å². The molecule has 0 aliphatic rings. The van der Waals surface area contributed by atoms with Crippen molar-refractivity contribution in [1.82, 2.24) is 4.98 Å². The molecule has 0 radical (unpaired) electrons. The summed E-state index contributed by atoms with van der Waals surface area (Å²) in [4.78, 5) is 3.46. The van der Waals surface area contributed by atoms with E-state index in [0.717, 1.165) is 6.20 Å². The predicted octanol–water partition coefficient (Wildman–Crippen LogP) is 1.02. The number of aromatic nitrogens is 2. The third-order valence-corrected chi connectivity index (χ3v) is 1.18. The van der Waals surface area contributed by atoms with E-state index in [4.69, 9.17) is 23.2 Å². The number of hydrogen-bond acceptors (Lipinski definition) is 2. The summed E-state index contributed by atoms with van der Waals surface area (Å²) in [7, 11) is 0. The van der Waals surface area contributed by atoms with Crippen LogP contribution in [0.15, 0.2) is 12.4 Å². The van der Waals surface area contributed by atoms with Crippen LogP contribution in [0.3, 0.4) is 0 Å². The van der Waals surface area contributed by atoms with Gasteiger partial charge in [0.05, 0.1) is 0 Å². The summed E-state index contributed by atoms with van der Waals surface area (Å²) in [5, 5.41) is 10.6. The quantitative estimate of drug-likeness (QED) is 0.327. The Kier molecular flexibility index (Phi) is 1.73. The molecular weight excluding hydrogens is 163 g/mol. The summed E-state index contributed by atoms with van der Waals surface area (Å²) in [6.45, 7) is 0. The number of rotatable bonds is 0. The van der Waals surface area contributed by atoms with Crippen molar-refractivity contribution in [2.45, 2.75) is 0 Å². The van der Waals surface area contributed by atoms with E-state index in [1.54, 1.807) is 0 Å². The summed E-state index contributed by atoms with van der Waals surface area (Å²) >= 11 is 10.6.